The molecule has 136 valence electrons. The van der Waals surface area contributed by atoms with Crippen LogP contribution in [-0.4, -0.2) is 43.1 Å². The number of nitrogens with zero attached hydrogens (tertiary/aromatic N) is 2. The van der Waals surface area contributed by atoms with Gasteiger partial charge in [0.2, 0.25) is 6.29 Å². The van der Waals surface area contributed by atoms with Crippen molar-refractivity contribution in [3.05, 3.63) is 66.5 Å². The molecule has 0 bridgehead atoms. The summed E-state index contributed by atoms with van der Waals surface area (Å²) in [7, 11) is 1.56. The fourth-order valence-corrected chi connectivity index (χ4v) is 3.43. The normalized spacial score (nSPS) is 33.0. The van der Waals surface area contributed by atoms with Crippen molar-refractivity contribution in [3.8, 4) is 0 Å². The average Bonchev–Trinajstić information content (AvgIpc) is 2.73. The maximum atomic E-state index is 9.77. The molecule has 0 radical (unpaired) electrons. The van der Waals surface area contributed by atoms with Gasteiger partial charge >= 0.3 is 0 Å². The Bertz CT molecular complexity index is 755. The van der Waals surface area contributed by atoms with E-state index in [2.05, 4.69) is 5.16 Å². The molecule has 1 unspecified atom stereocenters. The summed E-state index contributed by atoms with van der Waals surface area (Å²) < 4.78 is 25.4. The van der Waals surface area contributed by atoms with Crippen LogP contribution in [0.1, 0.15) is 17.9 Å². The van der Waals surface area contributed by atoms with E-state index in [0.717, 1.165) is 5.56 Å². The third kappa shape index (κ3) is 3.10. The van der Waals surface area contributed by atoms with Gasteiger partial charge in [-0.05, 0) is 0 Å². The highest BCUT2D eigenvalue weighted by Gasteiger charge is 2.52. The zero-order valence-corrected chi connectivity index (χ0v) is 14.3. The first kappa shape index (κ1) is 17.1. The van der Waals surface area contributed by atoms with E-state index in [0.29, 0.717) is 12.3 Å². The SMILES string of the molecule is CO[C@H]1O[C@@H]2COC(c3ccccc3)O[C@H]2C(=NO)[C@H]1[n+]1ccccc1. The summed E-state index contributed by atoms with van der Waals surface area (Å²) in [6.07, 6.45) is 1.64. The Kier molecular flexibility index (Phi) is 4.94. The third-order valence-corrected chi connectivity index (χ3v) is 4.66. The van der Waals surface area contributed by atoms with Crippen molar-refractivity contribution in [1.82, 2.24) is 0 Å². The molecule has 26 heavy (non-hydrogen) atoms. The summed E-state index contributed by atoms with van der Waals surface area (Å²) in [6, 6.07) is 14.9. The second kappa shape index (κ2) is 7.51. The number of pyridine rings is 1. The van der Waals surface area contributed by atoms with Crippen molar-refractivity contribution in [3.63, 3.8) is 0 Å². The lowest BCUT2D eigenvalue weighted by Crippen LogP contribution is -2.63. The molecule has 2 saturated heterocycles. The summed E-state index contributed by atoms with van der Waals surface area (Å²) in [4.78, 5) is 0. The van der Waals surface area contributed by atoms with Gasteiger partial charge in [0.1, 0.15) is 12.2 Å². The summed E-state index contributed by atoms with van der Waals surface area (Å²) in [5, 5.41) is 13.3. The summed E-state index contributed by atoms with van der Waals surface area (Å²) in [6.45, 7) is 0.315. The van der Waals surface area contributed by atoms with E-state index in [1.807, 2.05) is 65.5 Å². The molecule has 7 nitrogen and oxygen atoms in total. The number of hydrogen-bond acceptors (Lipinski definition) is 6. The van der Waals surface area contributed by atoms with Crippen LogP contribution in [-0.2, 0) is 18.9 Å². The fourth-order valence-electron chi connectivity index (χ4n) is 3.43. The lowest BCUT2D eigenvalue weighted by molar-refractivity contribution is -0.724. The van der Waals surface area contributed by atoms with Crippen LogP contribution in [0.5, 0.6) is 0 Å². The van der Waals surface area contributed by atoms with Crippen molar-refractivity contribution >= 4 is 5.71 Å². The highest BCUT2D eigenvalue weighted by Crippen LogP contribution is 2.35. The molecule has 1 aromatic heterocycles. The molecule has 0 aliphatic carbocycles. The standard InChI is InChI=1S/C19H20N2O5/c1-23-19-16(21-10-6-3-7-11-21)15(20-22)17-14(25-19)12-24-18(26-17)13-8-4-2-5-9-13/h2-11,14,16-19H,12H2,1H3/p+1/t14-,16-,17-,18?,19+/m1/s1. The van der Waals surface area contributed by atoms with Gasteiger partial charge in [0.15, 0.2) is 24.4 Å². The van der Waals surface area contributed by atoms with Crippen molar-refractivity contribution in [2.75, 3.05) is 13.7 Å². The Morgan fingerprint density at radius 2 is 1.81 bits per heavy atom. The number of ether oxygens (including phenoxy) is 4. The van der Waals surface area contributed by atoms with Gasteiger partial charge < -0.3 is 24.2 Å². The molecular weight excluding hydrogens is 336 g/mol. The van der Waals surface area contributed by atoms with E-state index in [1.54, 1.807) is 7.11 Å². The largest absolute Gasteiger partial charge is 0.411 e. The molecule has 3 heterocycles. The van der Waals surface area contributed by atoms with Crippen LogP contribution in [0, 0.1) is 0 Å². The lowest BCUT2D eigenvalue weighted by Gasteiger charge is -2.42. The van der Waals surface area contributed by atoms with E-state index < -0.39 is 30.8 Å². The molecule has 2 aliphatic heterocycles. The molecule has 1 N–H and O–H groups in total. The van der Waals surface area contributed by atoms with Crippen molar-refractivity contribution in [1.29, 1.82) is 0 Å². The van der Waals surface area contributed by atoms with Gasteiger partial charge in [0.25, 0.3) is 6.04 Å². The number of hydrogen-bond donors (Lipinski definition) is 1. The molecule has 5 atom stereocenters. The Morgan fingerprint density at radius 3 is 2.50 bits per heavy atom. The van der Waals surface area contributed by atoms with Gasteiger partial charge in [-0.2, -0.15) is 4.57 Å². The molecule has 2 aliphatic rings. The Balaban J connectivity index is 1.65. The van der Waals surface area contributed by atoms with Crippen molar-refractivity contribution < 1.29 is 28.7 Å². The van der Waals surface area contributed by atoms with Crippen LogP contribution >= 0.6 is 0 Å². The van der Waals surface area contributed by atoms with Gasteiger partial charge in [-0.15, -0.1) is 0 Å². The molecule has 0 saturated carbocycles. The fraction of sp³-hybridized carbons (Fsp3) is 0.368. The number of rotatable bonds is 3. The molecule has 2 aromatic rings. The van der Waals surface area contributed by atoms with Gasteiger partial charge in [0, 0.05) is 24.8 Å². The molecule has 2 fully saturated rings. The molecule has 1 aromatic carbocycles. The molecule has 4 rings (SSSR count). The number of methoxy groups -OCH3 is 1. The zero-order chi connectivity index (χ0) is 17.9. The summed E-state index contributed by atoms with van der Waals surface area (Å²) in [5.74, 6) is 0. The maximum Gasteiger partial charge on any atom is 0.252 e. The number of benzene rings is 1. The van der Waals surface area contributed by atoms with Crippen LogP contribution in [0.25, 0.3) is 0 Å². The first-order valence-electron chi connectivity index (χ1n) is 8.49. The van der Waals surface area contributed by atoms with E-state index in [9.17, 15) is 5.21 Å². The van der Waals surface area contributed by atoms with Crippen LogP contribution < -0.4 is 4.57 Å². The summed E-state index contributed by atoms with van der Waals surface area (Å²) in [5.41, 5.74) is 1.36. The Morgan fingerprint density at radius 1 is 1.08 bits per heavy atom. The van der Waals surface area contributed by atoms with E-state index in [1.165, 1.54) is 0 Å². The second-order valence-corrected chi connectivity index (χ2v) is 6.20. The van der Waals surface area contributed by atoms with Crippen molar-refractivity contribution in [2.45, 2.75) is 30.8 Å². The van der Waals surface area contributed by atoms with Gasteiger partial charge in [-0.1, -0.05) is 41.6 Å². The predicted octanol–water partition coefficient (Wildman–Crippen LogP) is 1.83. The topological polar surface area (TPSA) is 73.4 Å². The van der Waals surface area contributed by atoms with Gasteiger partial charge in [0.05, 0.1) is 6.61 Å². The highest BCUT2D eigenvalue weighted by molar-refractivity contribution is 5.92. The molecule has 0 amide bonds. The minimum atomic E-state index is -0.616. The highest BCUT2D eigenvalue weighted by atomic mass is 16.7. The third-order valence-electron chi connectivity index (χ3n) is 4.66. The lowest BCUT2D eigenvalue weighted by atomic mass is 9.96. The molecule has 0 spiro atoms. The number of fused-ring (bicyclic) bond motifs is 1. The van der Waals surface area contributed by atoms with Gasteiger partial charge in [-0.25, -0.2) is 0 Å². The first-order valence-corrected chi connectivity index (χ1v) is 8.49. The smallest absolute Gasteiger partial charge is 0.252 e. The second-order valence-electron chi connectivity index (χ2n) is 6.20. The zero-order valence-electron chi connectivity index (χ0n) is 14.3. The number of aromatic nitrogens is 1. The van der Waals surface area contributed by atoms with Crippen LogP contribution in [0.15, 0.2) is 66.1 Å². The maximum absolute atomic E-state index is 9.77. The van der Waals surface area contributed by atoms with E-state index in [-0.39, 0.29) is 0 Å². The van der Waals surface area contributed by atoms with Crippen LogP contribution in [0.4, 0.5) is 0 Å². The minimum absolute atomic E-state index is 0.315. The predicted molar refractivity (Wildman–Crippen MR) is 90.6 cm³/mol. The van der Waals surface area contributed by atoms with Crippen molar-refractivity contribution in [2.24, 2.45) is 5.16 Å². The molecular formula is C19H21N2O5+. The average molecular weight is 357 g/mol. The van der Waals surface area contributed by atoms with E-state index >= 15 is 0 Å². The van der Waals surface area contributed by atoms with Crippen LogP contribution in [0.2, 0.25) is 0 Å². The Labute approximate surface area is 151 Å². The summed E-state index contributed by atoms with van der Waals surface area (Å²) >= 11 is 0. The van der Waals surface area contributed by atoms with E-state index in [4.69, 9.17) is 18.9 Å². The minimum Gasteiger partial charge on any atom is -0.411 e. The first-order chi connectivity index (χ1) is 12.8. The van der Waals surface area contributed by atoms with Gasteiger partial charge in [-0.3, -0.25) is 0 Å². The molecule has 7 heteroatoms. The van der Waals surface area contributed by atoms with Crippen LogP contribution in [0.3, 0.4) is 0 Å². The quantitative estimate of drug-likeness (QED) is 0.515. The number of oxime groups is 1. The Hall–Kier alpha value is -2.32. The monoisotopic (exact) mass is 357 g/mol.